The number of carbonyl (C=O) groups is 1. The molecule has 2 rings (SSSR count). The van der Waals surface area contributed by atoms with Crippen LogP contribution in [0.4, 0.5) is 10.5 Å². The Morgan fingerprint density at radius 1 is 1.04 bits per heavy atom. The zero-order valence-electron chi connectivity index (χ0n) is 16.8. The summed E-state index contributed by atoms with van der Waals surface area (Å²) in [7, 11) is 5.56. The summed E-state index contributed by atoms with van der Waals surface area (Å²) in [6.07, 6.45) is 1.97. The molecule has 2 aromatic carbocycles. The maximum atomic E-state index is 12.4. The molecule has 5 nitrogen and oxygen atoms in total. The quantitative estimate of drug-likeness (QED) is 0.670. The van der Waals surface area contributed by atoms with Gasteiger partial charge in [-0.15, -0.1) is 0 Å². The average Bonchev–Trinajstić information content (AvgIpc) is 2.72. The lowest BCUT2D eigenvalue weighted by molar-refractivity contribution is 0.193. The highest BCUT2D eigenvalue weighted by Gasteiger charge is 2.19. The van der Waals surface area contributed by atoms with Gasteiger partial charge in [0.1, 0.15) is 5.75 Å². The number of benzene rings is 2. The number of carbonyl (C=O) groups excluding carboxylic acids is 1. The van der Waals surface area contributed by atoms with Crippen molar-refractivity contribution in [2.45, 2.75) is 25.8 Å². The van der Waals surface area contributed by atoms with Crippen LogP contribution in [0.15, 0.2) is 54.6 Å². The molecule has 2 amide bonds. The summed E-state index contributed by atoms with van der Waals surface area (Å²) in [5, 5.41) is 3.01. The molecule has 0 heterocycles. The molecule has 0 bridgehead atoms. The van der Waals surface area contributed by atoms with Crippen molar-refractivity contribution in [1.82, 2.24) is 10.2 Å². The number of hydrogen-bond acceptors (Lipinski definition) is 3. The van der Waals surface area contributed by atoms with Crippen molar-refractivity contribution in [3.8, 4) is 5.75 Å². The SMILES string of the molecule is COc1ccccc1C(C)N(C)C(=O)NCCCCN(C)c1ccccc1. The molecule has 0 aliphatic rings. The van der Waals surface area contributed by atoms with E-state index in [-0.39, 0.29) is 12.1 Å². The maximum Gasteiger partial charge on any atom is 0.317 e. The Morgan fingerprint density at radius 2 is 1.70 bits per heavy atom. The lowest BCUT2D eigenvalue weighted by atomic mass is 10.1. The first-order valence-corrected chi connectivity index (χ1v) is 9.44. The van der Waals surface area contributed by atoms with Gasteiger partial charge in [0, 0.05) is 38.4 Å². The molecule has 27 heavy (non-hydrogen) atoms. The van der Waals surface area contributed by atoms with Gasteiger partial charge in [-0.1, -0.05) is 36.4 Å². The molecule has 0 saturated carbocycles. The van der Waals surface area contributed by atoms with E-state index in [0.717, 1.165) is 30.7 Å². The van der Waals surface area contributed by atoms with Crippen LogP contribution in [0.25, 0.3) is 0 Å². The van der Waals surface area contributed by atoms with E-state index in [1.807, 2.05) is 56.4 Å². The van der Waals surface area contributed by atoms with Crippen LogP contribution in [0.2, 0.25) is 0 Å². The van der Waals surface area contributed by atoms with E-state index in [2.05, 4.69) is 29.4 Å². The van der Waals surface area contributed by atoms with Crippen LogP contribution in [-0.4, -0.2) is 45.2 Å². The number of nitrogens with one attached hydrogen (secondary N) is 1. The maximum absolute atomic E-state index is 12.4. The van der Waals surface area contributed by atoms with Crippen molar-refractivity contribution in [1.29, 1.82) is 0 Å². The second-order valence-corrected chi connectivity index (χ2v) is 6.72. The Bertz CT molecular complexity index is 706. The van der Waals surface area contributed by atoms with E-state index in [4.69, 9.17) is 4.74 Å². The summed E-state index contributed by atoms with van der Waals surface area (Å²) < 4.78 is 5.41. The molecular weight excluding hydrogens is 338 g/mol. The molecular formula is C22H31N3O2. The second-order valence-electron chi connectivity index (χ2n) is 6.72. The van der Waals surface area contributed by atoms with E-state index >= 15 is 0 Å². The number of nitrogens with zero attached hydrogens (tertiary/aromatic N) is 2. The lowest BCUT2D eigenvalue weighted by Crippen LogP contribution is -2.39. The first-order chi connectivity index (χ1) is 13.0. The third-order valence-corrected chi connectivity index (χ3v) is 4.88. The third kappa shape index (κ3) is 5.91. The molecule has 0 aliphatic heterocycles. The Balaban J connectivity index is 1.73. The standard InChI is InChI=1S/C22H31N3O2/c1-18(20-14-8-9-15-21(20)27-4)25(3)22(26)23-16-10-11-17-24(2)19-12-6-5-7-13-19/h5-9,12-15,18H,10-11,16-17H2,1-4H3,(H,23,26). The third-order valence-electron chi connectivity index (χ3n) is 4.88. The monoisotopic (exact) mass is 369 g/mol. The van der Waals surface area contributed by atoms with Crippen molar-refractivity contribution < 1.29 is 9.53 Å². The number of unbranched alkanes of at least 4 members (excludes halogenated alkanes) is 1. The Morgan fingerprint density at radius 3 is 2.41 bits per heavy atom. The van der Waals surface area contributed by atoms with Crippen LogP contribution in [0.5, 0.6) is 5.75 Å². The van der Waals surface area contributed by atoms with Gasteiger partial charge in [-0.3, -0.25) is 0 Å². The van der Waals surface area contributed by atoms with Crippen LogP contribution in [-0.2, 0) is 0 Å². The summed E-state index contributed by atoms with van der Waals surface area (Å²) in [6.45, 7) is 3.64. The molecule has 0 aromatic heterocycles. The number of para-hydroxylation sites is 2. The first-order valence-electron chi connectivity index (χ1n) is 9.44. The average molecular weight is 370 g/mol. The number of anilines is 1. The molecule has 0 aliphatic carbocycles. The van der Waals surface area contributed by atoms with Crippen LogP contribution in [0.1, 0.15) is 31.4 Å². The summed E-state index contributed by atoms with van der Waals surface area (Å²) >= 11 is 0. The summed E-state index contributed by atoms with van der Waals surface area (Å²) in [4.78, 5) is 16.4. The number of urea groups is 1. The minimum absolute atomic E-state index is 0.0645. The van der Waals surface area contributed by atoms with E-state index in [0.29, 0.717) is 6.54 Å². The highest BCUT2D eigenvalue weighted by atomic mass is 16.5. The van der Waals surface area contributed by atoms with Crippen molar-refractivity contribution >= 4 is 11.7 Å². The molecule has 5 heteroatoms. The molecule has 1 unspecified atom stereocenters. The molecule has 146 valence electrons. The van der Waals surface area contributed by atoms with Crippen molar-refractivity contribution in [2.75, 3.05) is 39.2 Å². The first kappa shape index (κ1) is 20.6. The largest absolute Gasteiger partial charge is 0.496 e. The van der Waals surface area contributed by atoms with Gasteiger partial charge in [0.05, 0.1) is 13.2 Å². The van der Waals surface area contributed by atoms with Gasteiger partial charge < -0.3 is 19.9 Å². The van der Waals surface area contributed by atoms with Gasteiger partial charge in [-0.25, -0.2) is 4.79 Å². The van der Waals surface area contributed by atoms with Crippen molar-refractivity contribution in [3.63, 3.8) is 0 Å². The number of rotatable bonds is 9. The normalized spacial score (nSPS) is 11.6. The minimum atomic E-state index is -0.0650. The zero-order chi connectivity index (χ0) is 19.6. The summed E-state index contributed by atoms with van der Waals surface area (Å²) in [5.41, 5.74) is 2.22. The predicted molar refractivity (Wildman–Crippen MR) is 112 cm³/mol. The van der Waals surface area contributed by atoms with E-state index in [9.17, 15) is 4.79 Å². The summed E-state index contributed by atoms with van der Waals surface area (Å²) in [6, 6.07) is 18.0. The number of methoxy groups -OCH3 is 1. The van der Waals surface area contributed by atoms with Gasteiger partial charge >= 0.3 is 6.03 Å². The van der Waals surface area contributed by atoms with Gasteiger partial charge in [0.15, 0.2) is 0 Å². The van der Waals surface area contributed by atoms with E-state index in [1.54, 1.807) is 12.0 Å². The lowest BCUT2D eigenvalue weighted by Gasteiger charge is -2.27. The predicted octanol–water partition coefficient (Wildman–Crippen LogP) is 4.31. The van der Waals surface area contributed by atoms with Gasteiger partial charge in [0.25, 0.3) is 0 Å². The molecule has 0 saturated heterocycles. The molecule has 0 spiro atoms. The van der Waals surface area contributed by atoms with Gasteiger partial charge in [-0.05, 0) is 38.0 Å². The Hall–Kier alpha value is -2.69. The fraction of sp³-hybridized carbons (Fsp3) is 0.409. The van der Waals surface area contributed by atoms with Crippen molar-refractivity contribution in [3.05, 3.63) is 60.2 Å². The van der Waals surface area contributed by atoms with Crippen LogP contribution >= 0.6 is 0 Å². The van der Waals surface area contributed by atoms with E-state index in [1.165, 1.54) is 5.69 Å². The molecule has 0 fully saturated rings. The Labute approximate surface area is 162 Å². The van der Waals surface area contributed by atoms with Crippen LogP contribution in [0, 0.1) is 0 Å². The molecule has 0 radical (unpaired) electrons. The van der Waals surface area contributed by atoms with Gasteiger partial charge in [0.2, 0.25) is 0 Å². The minimum Gasteiger partial charge on any atom is -0.496 e. The van der Waals surface area contributed by atoms with Crippen molar-refractivity contribution in [2.24, 2.45) is 0 Å². The highest BCUT2D eigenvalue weighted by molar-refractivity contribution is 5.74. The topological polar surface area (TPSA) is 44.8 Å². The Kier molecular flexibility index (Phi) is 7.99. The number of amides is 2. The molecule has 1 N–H and O–H groups in total. The zero-order valence-corrected chi connectivity index (χ0v) is 16.8. The number of ether oxygens (including phenoxy) is 1. The fourth-order valence-corrected chi connectivity index (χ4v) is 3.00. The summed E-state index contributed by atoms with van der Waals surface area (Å²) in [5.74, 6) is 0.800. The van der Waals surface area contributed by atoms with E-state index < -0.39 is 0 Å². The smallest absolute Gasteiger partial charge is 0.317 e. The molecule has 1 atom stereocenters. The highest BCUT2D eigenvalue weighted by Crippen LogP contribution is 2.27. The van der Waals surface area contributed by atoms with Crippen LogP contribution < -0.4 is 15.0 Å². The van der Waals surface area contributed by atoms with Gasteiger partial charge in [-0.2, -0.15) is 0 Å². The molecule has 2 aromatic rings. The van der Waals surface area contributed by atoms with Crippen LogP contribution in [0.3, 0.4) is 0 Å². The second kappa shape index (κ2) is 10.5. The number of hydrogen-bond donors (Lipinski definition) is 1. The fourth-order valence-electron chi connectivity index (χ4n) is 3.00.